The second kappa shape index (κ2) is 13.4. The van der Waals surface area contributed by atoms with E-state index in [1.165, 1.54) is 49.0 Å². The van der Waals surface area contributed by atoms with Gasteiger partial charge in [-0.05, 0) is 77.8 Å². The van der Waals surface area contributed by atoms with Gasteiger partial charge in [0, 0.05) is 29.1 Å². The van der Waals surface area contributed by atoms with Crippen LogP contribution in [0.15, 0.2) is 200 Å². The maximum absolute atomic E-state index is 5.15. The van der Waals surface area contributed by atoms with Crippen LogP contribution in [0.3, 0.4) is 0 Å². The molecule has 0 radical (unpaired) electrons. The zero-order valence-electron chi connectivity index (χ0n) is 29.4. The fraction of sp³-hybridized carbons (Fsp3) is 0. The first-order chi connectivity index (χ1) is 26.8. The lowest BCUT2D eigenvalue weighted by atomic mass is 9.84. The molecule has 0 unspecified atom stereocenters. The molecule has 3 heteroatoms. The molecule has 10 rings (SSSR count). The van der Waals surface area contributed by atoms with Crippen molar-refractivity contribution in [3.63, 3.8) is 0 Å². The molecule has 0 spiro atoms. The van der Waals surface area contributed by atoms with Gasteiger partial charge in [-0.25, -0.2) is 9.97 Å². The van der Waals surface area contributed by atoms with Crippen molar-refractivity contribution in [1.29, 1.82) is 0 Å². The first-order valence-corrected chi connectivity index (χ1v) is 18.3. The molecule has 0 bridgehead atoms. The summed E-state index contributed by atoms with van der Waals surface area (Å²) in [6, 6.07) is 66.7. The molecule has 252 valence electrons. The number of nitrogens with zero attached hydrogens (tertiary/aromatic N) is 3. The van der Waals surface area contributed by atoms with Crippen LogP contribution in [-0.2, 0) is 0 Å². The van der Waals surface area contributed by atoms with Crippen LogP contribution >= 0.6 is 0 Å². The molecule has 0 saturated carbocycles. The summed E-state index contributed by atoms with van der Waals surface area (Å²) in [4.78, 5) is 14.6. The summed E-state index contributed by atoms with van der Waals surface area (Å²) in [5, 5.41) is 7.44. The van der Waals surface area contributed by atoms with Gasteiger partial charge in [-0.3, -0.25) is 4.98 Å². The van der Waals surface area contributed by atoms with Gasteiger partial charge in [0.15, 0.2) is 5.82 Å². The lowest BCUT2D eigenvalue weighted by Crippen LogP contribution is -1.96. The average Bonchev–Trinajstić information content (AvgIpc) is 3.26. The number of aromatic nitrogens is 3. The molecule has 0 aliphatic rings. The number of rotatable bonds is 6. The lowest BCUT2D eigenvalue weighted by molar-refractivity contribution is 1.18. The summed E-state index contributed by atoms with van der Waals surface area (Å²) in [6.07, 6.45) is 3.69. The first-order valence-electron chi connectivity index (χ1n) is 18.3. The molecule has 0 aliphatic heterocycles. The van der Waals surface area contributed by atoms with Crippen molar-refractivity contribution in [3.8, 4) is 67.3 Å². The van der Waals surface area contributed by atoms with E-state index in [2.05, 4.69) is 181 Å². The summed E-state index contributed by atoms with van der Waals surface area (Å²) < 4.78 is 0. The number of benzene rings is 8. The highest BCUT2D eigenvalue weighted by molar-refractivity contribution is 6.23. The monoisotopic (exact) mass is 687 g/mol. The smallest absolute Gasteiger partial charge is 0.160 e. The molecule has 8 aromatic carbocycles. The van der Waals surface area contributed by atoms with Crippen LogP contribution in [0, 0.1) is 0 Å². The van der Waals surface area contributed by atoms with Gasteiger partial charge >= 0.3 is 0 Å². The maximum atomic E-state index is 5.15. The van der Waals surface area contributed by atoms with Crippen LogP contribution in [0.5, 0.6) is 0 Å². The molecule has 2 aromatic heterocycles. The molecule has 0 saturated heterocycles. The summed E-state index contributed by atoms with van der Waals surface area (Å²) in [5.41, 5.74) is 11.9. The number of fused-ring (bicyclic) bond motifs is 3. The Kier molecular flexibility index (Phi) is 7.81. The van der Waals surface area contributed by atoms with Crippen molar-refractivity contribution in [1.82, 2.24) is 15.0 Å². The Balaban J connectivity index is 1.10. The fourth-order valence-corrected chi connectivity index (χ4v) is 7.81. The Bertz CT molecular complexity index is 2890. The number of hydrogen-bond donors (Lipinski definition) is 0. The predicted octanol–water partition coefficient (Wildman–Crippen LogP) is 13.3. The van der Waals surface area contributed by atoms with E-state index in [0.29, 0.717) is 5.82 Å². The molecule has 3 nitrogen and oxygen atoms in total. The Morgan fingerprint density at radius 1 is 0.315 bits per heavy atom. The SMILES string of the molecule is c1ccc(-c2cc(-c3ccc(-c4cccnc4)cc3)nc(-c3ccc(-c4c5ccccc5c(-c5cccc6ccccc56)c5ccccc45)cc3)n2)cc1. The predicted molar refractivity (Wildman–Crippen MR) is 225 cm³/mol. The van der Waals surface area contributed by atoms with E-state index in [1.807, 2.05) is 18.3 Å². The third-order valence-electron chi connectivity index (χ3n) is 10.4. The van der Waals surface area contributed by atoms with E-state index in [0.717, 1.165) is 44.8 Å². The third kappa shape index (κ3) is 5.60. The highest BCUT2D eigenvalue weighted by Crippen LogP contribution is 2.45. The molecule has 2 heterocycles. The highest BCUT2D eigenvalue weighted by atomic mass is 14.9. The highest BCUT2D eigenvalue weighted by Gasteiger charge is 2.18. The third-order valence-corrected chi connectivity index (χ3v) is 10.4. The summed E-state index contributed by atoms with van der Waals surface area (Å²) in [7, 11) is 0. The van der Waals surface area contributed by atoms with Gasteiger partial charge in [-0.1, -0.05) is 176 Å². The van der Waals surface area contributed by atoms with E-state index in [9.17, 15) is 0 Å². The second-order valence-electron chi connectivity index (χ2n) is 13.6. The van der Waals surface area contributed by atoms with Gasteiger partial charge in [-0.2, -0.15) is 0 Å². The molecule has 10 aromatic rings. The number of pyridine rings is 1. The van der Waals surface area contributed by atoms with Crippen LogP contribution < -0.4 is 0 Å². The quantitative estimate of drug-likeness (QED) is 0.163. The molecule has 0 amide bonds. The summed E-state index contributed by atoms with van der Waals surface area (Å²) in [5.74, 6) is 0.690. The van der Waals surface area contributed by atoms with Crippen molar-refractivity contribution >= 4 is 32.3 Å². The van der Waals surface area contributed by atoms with Crippen LogP contribution in [0.2, 0.25) is 0 Å². The lowest BCUT2D eigenvalue weighted by Gasteiger charge is -2.19. The van der Waals surface area contributed by atoms with Gasteiger partial charge in [0.1, 0.15) is 0 Å². The van der Waals surface area contributed by atoms with Crippen molar-refractivity contribution in [2.45, 2.75) is 0 Å². The normalized spacial score (nSPS) is 11.3. The molecule has 0 fully saturated rings. The van der Waals surface area contributed by atoms with Crippen molar-refractivity contribution in [2.75, 3.05) is 0 Å². The molecule has 0 atom stereocenters. The van der Waals surface area contributed by atoms with Gasteiger partial charge in [0.25, 0.3) is 0 Å². The van der Waals surface area contributed by atoms with E-state index in [1.54, 1.807) is 6.20 Å². The van der Waals surface area contributed by atoms with Crippen LogP contribution in [0.25, 0.3) is 99.6 Å². The Labute approximate surface area is 313 Å². The molecule has 0 aliphatic carbocycles. The molecular weight excluding hydrogens is 655 g/mol. The Hall–Kier alpha value is -7.23. The number of hydrogen-bond acceptors (Lipinski definition) is 3. The average molecular weight is 688 g/mol. The maximum Gasteiger partial charge on any atom is 0.160 e. The van der Waals surface area contributed by atoms with Crippen molar-refractivity contribution in [3.05, 3.63) is 200 Å². The minimum absolute atomic E-state index is 0.690. The van der Waals surface area contributed by atoms with Crippen molar-refractivity contribution < 1.29 is 0 Å². The van der Waals surface area contributed by atoms with Gasteiger partial charge in [-0.15, -0.1) is 0 Å². The van der Waals surface area contributed by atoms with E-state index >= 15 is 0 Å². The summed E-state index contributed by atoms with van der Waals surface area (Å²) in [6.45, 7) is 0. The standard InChI is InChI=1S/C51H33N3/c1-2-13-36(14-3-1)47-32-48(37-25-23-34(24-26-37)40-16-11-31-52-33-40)54-51(53-47)39-29-27-38(28-30-39)49-43-18-6-8-20-45(43)50(46-21-9-7-19-44(46)49)42-22-10-15-35-12-4-5-17-41(35)42/h1-33H. The van der Waals surface area contributed by atoms with Gasteiger partial charge in [0.2, 0.25) is 0 Å². The zero-order valence-corrected chi connectivity index (χ0v) is 29.4. The van der Waals surface area contributed by atoms with Crippen LogP contribution in [0.4, 0.5) is 0 Å². The topological polar surface area (TPSA) is 38.7 Å². The van der Waals surface area contributed by atoms with E-state index < -0.39 is 0 Å². The van der Waals surface area contributed by atoms with Crippen LogP contribution in [0.1, 0.15) is 0 Å². The second-order valence-corrected chi connectivity index (χ2v) is 13.6. The van der Waals surface area contributed by atoms with Gasteiger partial charge < -0.3 is 0 Å². The minimum atomic E-state index is 0.690. The summed E-state index contributed by atoms with van der Waals surface area (Å²) >= 11 is 0. The minimum Gasteiger partial charge on any atom is -0.264 e. The Morgan fingerprint density at radius 3 is 1.46 bits per heavy atom. The molecule has 54 heavy (non-hydrogen) atoms. The van der Waals surface area contributed by atoms with E-state index in [4.69, 9.17) is 9.97 Å². The molecular formula is C51H33N3. The van der Waals surface area contributed by atoms with Gasteiger partial charge in [0.05, 0.1) is 11.4 Å². The largest absolute Gasteiger partial charge is 0.264 e. The first kappa shape index (κ1) is 31.5. The zero-order chi connectivity index (χ0) is 35.8. The van der Waals surface area contributed by atoms with Crippen molar-refractivity contribution in [2.24, 2.45) is 0 Å². The fourth-order valence-electron chi connectivity index (χ4n) is 7.81. The van der Waals surface area contributed by atoms with Crippen LogP contribution in [-0.4, -0.2) is 15.0 Å². The Morgan fingerprint density at radius 2 is 0.815 bits per heavy atom. The molecule has 0 N–H and O–H groups in total. The van der Waals surface area contributed by atoms with E-state index in [-0.39, 0.29) is 0 Å².